The van der Waals surface area contributed by atoms with Gasteiger partial charge in [-0.2, -0.15) is 4.98 Å². The third-order valence-electron chi connectivity index (χ3n) is 3.83. The molecule has 0 fully saturated rings. The summed E-state index contributed by atoms with van der Waals surface area (Å²) in [5.41, 5.74) is 1.21. The van der Waals surface area contributed by atoms with E-state index in [1.54, 1.807) is 45.2 Å². The van der Waals surface area contributed by atoms with E-state index in [-0.39, 0.29) is 28.1 Å². The summed E-state index contributed by atoms with van der Waals surface area (Å²) in [7, 11) is -1.27. The van der Waals surface area contributed by atoms with Crippen LogP contribution in [0.15, 0.2) is 29.2 Å². The molecule has 152 valence electrons. The van der Waals surface area contributed by atoms with Gasteiger partial charge in [-0.25, -0.2) is 27.6 Å². The maximum atomic E-state index is 13.0. The Balaban J connectivity index is 1.92. The number of tetrazole rings is 1. The zero-order valence-electron chi connectivity index (χ0n) is 16.0. The number of rotatable bonds is 5. The Morgan fingerprint density at radius 1 is 1.21 bits per heavy atom. The summed E-state index contributed by atoms with van der Waals surface area (Å²) >= 11 is 0. The number of aromatic nitrogens is 6. The van der Waals surface area contributed by atoms with Crippen LogP contribution in [0.1, 0.15) is 11.3 Å². The van der Waals surface area contributed by atoms with Crippen molar-refractivity contribution in [2.75, 3.05) is 12.4 Å². The molecule has 3 rings (SSSR count). The van der Waals surface area contributed by atoms with Crippen molar-refractivity contribution < 1.29 is 17.9 Å². The summed E-state index contributed by atoms with van der Waals surface area (Å²) in [6, 6.07) is 5.37. The number of benzene rings is 1. The van der Waals surface area contributed by atoms with Gasteiger partial charge in [-0.1, -0.05) is 12.1 Å². The van der Waals surface area contributed by atoms with Crippen LogP contribution in [0, 0.1) is 13.8 Å². The first kappa shape index (κ1) is 20.1. The van der Waals surface area contributed by atoms with E-state index < -0.39 is 16.1 Å². The molecule has 0 spiro atoms. The Bertz CT molecular complexity index is 1180. The number of hydrogen-bond acceptors (Lipinski definition) is 9. The minimum absolute atomic E-state index is 0.0999. The molecule has 0 saturated heterocycles. The summed E-state index contributed by atoms with van der Waals surface area (Å²) < 4.78 is 34.2. The number of amides is 2. The summed E-state index contributed by atoms with van der Waals surface area (Å²) in [5.74, 6) is 0.366. The number of urea groups is 1. The first-order chi connectivity index (χ1) is 13.7. The molecule has 0 atom stereocenters. The van der Waals surface area contributed by atoms with Crippen LogP contribution in [-0.4, -0.2) is 51.7 Å². The zero-order chi connectivity index (χ0) is 21.2. The van der Waals surface area contributed by atoms with E-state index in [1.807, 2.05) is 4.72 Å². The molecule has 0 aliphatic rings. The molecule has 0 radical (unpaired) electrons. The van der Waals surface area contributed by atoms with Gasteiger partial charge in [-0.05, 0) is 35.9 Å². The van der Waals surface area contributed by atoms with Gasteiger partial charge in [0.25, 0.3) is 10.0 Å². The molecule has 0 bridgehead atoms. The highest BCUT2D eigenvalue weighted by atomic mass is 32.2. The lowest BCUT2D eigenvalue weighted by Gasteiger charge is -2.13. The van der Waals surface area contributed by atoms with Gasteiger partial charge in [0.2, 0.25) is 11.8 Å². The number of aryl methyl sites for hydroxylation is 3. The number of nitrogens with one attached hydrogen (secondary N) is 2. The van der Waals surface area contributed by atoms with Crippen molar-refractivity contribution in [3.05, 3.63) is 35.5 Å². The molecule has 2 N–H and O–H groups in total. The molecule has 1 aromatic carbocycles. The highest BCUT2D eigenvalue weighted by Gasteiger charge is 2.26. The molecule has 3 aromatic rings. The van der Waals surface area contributed by atoms with Gasteiger partial charge in [0, 0.05) is 24.4 Å². The minimum atomic E-state index is -4.27. The van der Waals surface area contributed by atoms with Gasteiger partial charge in [0.05, 0.1) is 7.11 Å². The zero-order valence-corrected chi connectivity index (χ0v) is 16.9. The number of sulfonamides is 1. The van der Waals surface area contributed by atoms with Gasteiger partial charge in [0.15, 0.2) is 5.82 Å². The fraction of sp³-hybridized carbons (Fsp3) is 0.250. The highest BCUT2D eigenvalue weighted by molar-refractivity contribution is 7.90. The Labute approximate surface area is 166 Å². The largest absolute Gasteiger partial charge is 0.481 e. The lowest BCUT2D eigenvalue weighted by molar-refractivity contribution is 0.256. The first-order valence-corrected chi connectivity index (χ1v) is 9.75. The normalized spacial score (nSPS) is 11.2. The molecule has 0 aliphatic heterocycles. The molecule has 13 heteroatoms. The lowest BCUT2D eigenvalue weighted by atomic mass is 10.1. The van der Waals surface area contributed by atoms with Crippen molar-refractivity contribution in [3.8, 4) is 17.3 Å². The molecule has 29 heavy (non-hydrogen) atoms. The predicted octanol–water partition coefficient (Wildman–Crippen LogP) is 0.803. The topological polar surface area (TPSA) is 154 Å². The van der Waals surface area contributed by atoms with Crippen molar-refractivity contribution in [1.82, 2.24) is 34.9 Å². The Kier molecular flexibility index (Phi) is 5.41. The lowest BCUT2D eigenvalue weighted by Crippen LogP contribution is -2.35. The van der Waals surface area contributed by atoms with E-state index in [2.05, 4.69) is 30.8 Å². The van der Waals surface area contributed by atoms with E-state index in [9.17, 15) is 13.2 Å². The molecular formula is C16H18N8O4S. The number of nitrogens with zero attached hydrogens (tertiary/aromatic N) is 6. The van der Waals surface area contributed by atoms with Crippen LogP contribution in [0.25, 0.3) is 11.4 Å². The quantitative estimate of drug-likeness (QED) is 0.612. The average Bonchev–Trinajstić information content (AvgIpc) is 3.05. The fourth-order valence-electron chi connectivity index (χ4n) is 2.64. The number of ether oxygens (including phenoxy) is 1. The number of carbonyl (C=O) groups excluding carboxylic acids is 1. The molecule has 2 heterocycles. The smallest absolute Gasteiger partial charge is 0.335 e. The number of methoxy groups -OCH3 is 1. The van der Waals surface area contributed by atoms with Crippen molar-refractivity contribution in [2.24, 2.45) is 7.05 Å². The van der Waals surface area contributed by atoms with Gasteiger partial charge >= 0.3 is 6.03 Å². The van der Waals surface area contributed by atoms with Gasteiger partial charge in [0.1, 0.15) is 4.90 Å². The number of carbonyl (C=O) groups is 1. The molecule has 0 saturated carbocycles. The summed E-state index contributed by atoms with van der Waals surface area (Å²) in [4.78, 5) is 20.2. The molecule has 2 amide bonds. The van der Waals surface area contributed by atoms with Crippen LogP contribution in [0.4, 0.5) is 10.7 Å². The number of hydrogen-bond donors (Lipinski definition) is 2. The third-order valence-corrected chi connectivity index (χ3v) is 5.37. The first-order valence-electron chi connectivity index (χ1n) is 8.27. The van der Waals surface area contributed by atoms with Crippen molar-refractivity contribution in [3.63, 3.8) is 0 Å². The number of anilines is 1. The molecule has 2 aromatic heterocycles. The summed E-state index contributed by atoms with van der Waals surface area (Å²) in [6.45, 7) is 3.28. The van der Waals surface area contributed by atoms with Crippen LogP contribution >= 0.6 is 0 Å². The van der Waals surface area contributed by atoms with E-state index in [4.69, 9.17) is 4.74 Å². The maximum absolute atomic E-state index is 13.0. The van der Waals surface area contributed by atoms with Crippen LogP contribution in [-0.2, 0) is 17.1 Å². The molecule has 0 aliphatic carbocycles. The summed E-state index contributed by atoms with van der Waals surface area (Å²) in [5, 5.41) is 13.4. The maximum Gasteiger partial charge on any atom is 0.335 e. The standard InChI is InChI=1S/C16H18N8O4S/c1-9-6-5-7-11(14-20-22-23-24(14)3)13(9)29(26,27)21-16(25)19-15-17-10(2)8-12(18-15)28-4/h5-8H,1-4H3,(H2,17,18,19,21,25). The van der Waals surface area contributed by atoms with E-state index >= 15 is 0 Å². The van der Waals surface area contributed by atoms with Crippen molar-refractivity contribution in [1.29, 1.82) is 0 Å². The van der Waals surface area contributed by atoms with Gasteiger partial charge in [-0.15, -0.1) is 5.10 Å². The van der Waals surface area contributed by atoms with Crippen LogP contribution in [0.3, 0.4) is 0 Å². The fourth-order valence-corrected chi connectivity index (χ4v) is 3.98. The molecule has 12 nitrogen and oxygen atoms in total. The van der Waals surface area contributed by atoms with Crippen LogP contribution in [0.2, 0.25) is 0 Å². The average molecular weight is 418 g/mol. The Hall–Kier alpha value is -3.61. The molecule has 0 unspecified atom stereocenters. The van der Waals surface area contributed by atoms with Crippen LogP contribution in [0.5, 0.6) is 5.88 Å². The van der Waals surface area contributed by atoms with E-state index in [1.165, 1.54) is 11.8 Å². The predicted molar refractivity (Wildman–Crippen MR) is 102 cm³/mol. The second-order valence-corrected chi connectivity index (χ2v) is 7.63. The van der Waals surface area contributed by atoms with E-state index in [0.29, 0.717) is 11.3 Å². The monoisotopic (exact) mass is 418 g/mol. The highest BCUT2D eigenvalue weighted by Crippen LogP contribution is 2.28. The third kappa shape index (κ3) is 4.29. The second kappa shape index (κ2) is 7.79. The second-order valence-electron chi connectivity index (χ2n) is 6.01. The van der Waals surface area contributed by atoms with Crippen molar-refractivity contribution in [2.45, 2.75) is 18.7 Å². The SMILES string of the molecule is COc1cc(C)nc(NC(=O)NS(=O)(=O)c2c(C)cccc2-c2nnnn2C)n1. The van der Waals surface area contributed by atoms with Gasteiger partial charge in [-0.3, -0.25) is 5.32 Å². The Morgan fingerprint density at radius 2 is 1.97 bits per heavy atom. The minimum Gasteiger partial charge on any atom is -0.481 e. The summed E-state index contributed by atoms with van der Waals surface area (Å²) in [6.07, 6.45) is 0. The van der Waals surface area contributed by atoms with E-state index in [0.717, 1.165) is 0 Å². The van der Waals surface area contributed by atoms with Gasteiger partial charge < -0.3 is 4.74 Å². The van der Waals surface area contributed by atoms with Crippen LogP contribution < -0.4 is 14.8 Å². The van der Waals surface area contributed by atoms with Crippen molar-refractivity contribution >= 4 is 22.0 Å². The Morgan fingerprint density at radius 3 is 2.62 bits per heavy atom. The molecular weight excluding hydrogens is 400 g/mol.